The summed E-state index contributed by atoms with van der Waals surface area (Å²) in [6, 6.07) is 0. The Bertz CT molecular complexity index is 296. The zero-order valence-corrected chi connectivity index (χ0v) is 9.46. The number of carbonyl (C=O) groups excluding carboxylic acids is 2. The Morgan fingerprint density at radius 1 is 1.53 bits per heavy atom. The first-order valence-electron chi connectivity index (χ1n) is 4.62. The molecule has 0 bridgehead atoms. The van der Waals surface area contributed by atoms with Gasteiger partial charge in [0.15, 0.2) is 0 Å². The molecule has 0 saturated carbocycles. The molecule has 0 rings (SSSR count). The largest absolute Gasteiger partial charge is 0.467 e. The second kappa shape index (κ2) is 5.39. The molecule has 0 radical (unpaired) electrons. The van der Waals surface area contributed by atoms with Gasteiger partial charge in [0.25, 0.3) is 6.71 Å². The molecular formula is C9H15BN2O3. The minimum atomic E-state index is -1.05. The van der Waals surface area contributed by atoms with Crippen LogP contribution >= 0.6 is 0 Å². The van der Waals surface area contributed by atoms with Gasteiger partial charge in [-0.05, 0) is 13.8 Å². The third-order valence-electron chi connectivity index (χ3n) is 1.86. The molecule has 0 aromatic heterocycles. The van der Waals surface area contributed by atoms with Crippen molar-refractivity contribution in [3.63, 3.8) is 0 Å². The van der Waals surface area contributed by atoms with Crippen molar-refractivity contribution < 1.29 is 14.3 Å². The summed E-state index contributed by atoms with van der Waals surface area (Å²) in [6.07, 6.45) is 0.0803. The molecule has 5 nitrogen and oxygen atoms in total. The highest BCUT2D eigenvalue weighted by atomic mass is 16.5. The van der Waals surface area contributed by atoms with Crippen molar-refractivity contribution in [2.24, 2.45) is 0 Å². The van der Waals surface area contributed by atoms with Crippen molar-refractivity contribution in [3.05, 3.63) is 0 Å². The van der Waals surface area contributed by atoms with E-state index < -0.39 is 11.5 Å². The van der Waals surface area contributed by atoms with Gasteiger partial charge in [-0.15, -0.1) is 0 Å². The Morgan fingerprint density at radius 2 is 2.07 bits per heavy atom. The van der Waals surface area contributed by atoms with Crippen molar-refractivity contribution in [3.8, 4) is 5.97 Å². The van der Waals surface area contributed by atoms with E-state index in [4.69, 9.17) is 5.26 Å². The zero-order valence-electron chi connectivity index (χ0n) is 9.46. The van der Waals surface area contributed by atoms with Crippen LogP contribution in [0.2, 0.25) is 13.1 Å². The molecule has 1 amide bonds. The molecule has 0 saturated heterocycles. The second-order valence-electron chi connectivity index (χ2n) is 3.90. The standard InChI is InChI=1S/C9H15BN2O3/c1-9(2,8(14)15-4)12-7(13)5-10(3)6-11/h5H2,1-4H3,(H,12,13). The van der Waals surface area contributed by atoms with E-state index in [1.165, 1.54) is 7.11 Å². The maximum Gasteiger partial charge on any atom is 0.330 e. The van der Waals surface area contributed by atoms with E-state index in [-0.39, 0.29) is 18.9 Å². The topological polar surface area (TPSA) is 79.2 Å². The smallest absolute Gasteiger partial charge is 0.330 e. The van der Waals surface area contributed by atoms with Crippen LogP contribution in [0.4, 0.5) is 0 Å². The minimum absolute atomic E-state index is 0.0803. The van der Waals surface area contributed by atoms with Crippen molar-refractivity contribution in [2.45, 2.75) is 32.5 Å². The lowest BCUT2D eigenvalue weighted by atomic mass is 9.51. The number of nitrogens with one attached hydrogen (secondary N) is 1. The van der Waals surface area contributed by atoms with Gasteiger partial charge in [-0.25, -0.2) is 10.1 Å². The highest BCUT2D eigenvalue weighted by molar-refractivity contribution is 6.68. The summed E-state index contributed by atoms with van der Waals surface area (Å²) < 4.78 is 4.53. The SMILES string of the molecule is COC(=O)C(C)(C)NC(=O)CB(C)C#N. The Hall–Kier alpha value is -1.51. The average Bonchev–Trinajstić information content (AvgIpc) is 2.15. The van der Waals surface area contributed by atoms with E-state index in [2.05, 4.69) is 10.1 Å². The third kappa shape index (κ3) is 4.50. The quantitative estimate of drug-likeness (QED) is 0.532. The molecule has 0 fully saturated rings. The van der Waals surface area contributed by atoms with Crippen LogP contribution < -0.4 is 5.32 Å². The van der Waals surface area contributed by atoms with Gasteiger partial charge in [0.05, 0.1) is 7.11 Å². The van der Waals surface area contributed by atoms with Crippen molar-refractivity contribution in [2.75, 3.05) is 7.11 Å². The van der Waals surface area contributed by atoms with Crippen LogP contribution in [0.1, 0.15) is 13.8 Å². The summed E-state index contributed by atoms with van der Waals surface area (Å²) in [6.45, 7) is 4.38. The van der Waals surface area contributed by atoms with Crippen molar-refractivity contribution in [1.29, 1.82) is 5.26 Å². The molecule has 0 spiro atoms. The first kappa shape index (κ1) is 13.5. The number of hydrogen-bond donors (Lipinski definition) is 1. The van der Waals surface area contributed by atoms with Crippen LogP contribution in [0.5, 0.6) is 0 Å². The van der Waals surface area contributed by atoms with Gasteiger partial charge >= 0.3 is 5.97 Å². The number of carbonyl (C=O) groups is 2. The van der Waals surface area contributed by atoms with Gasteiger partial charge in [0.2, 0.25) is 5.91 Å². The van der Waals surface area contributed by atoms with E-state index in [0.29, 0.717) is 0 Å². The number of ether oxygens (including phenoxy) is 1. The van der Waals surface area contributed by atoms with Crippen LogP contribution in [0.25, 0.3) is 0 Å². The number of hydrogen-bond acceptors (Lipinski definition) is 4. The lowest BCUT2D eigenvalue weighted by Gasteiger charge is -2.23. The minimum Gasteiger partial charge on any atom is -0.467 e. The van der Waals surface area contributed by atoms with Crippen LogP contribution in [0.3, 0.4) is 0 Å². The molecule has 0 aromatic rings. The van der Waals surface area contributed by atoms with Crippen molar-refractivity contribution >= 4 is 18.6 Å². The van der Waals surface area contributed by atoms with E-state index in [1.54, 1.807) is 20.7 Å². The van der Waals surface area contributed by atoms with E-state index >= 15 is 0 Å². The summed E-state index contributed by atoms with van der Waals surface area (Å²) in [5.41, 5.74) is -1.05. The Kier molecular flexibility index (Phi) is 4.85. The maximum atomic E-state index is 11.4. The Labute approximate surface area is 89.9 Å². The number of nitrogens with zero attached hydrogens (tertiary/aromatic N) is 1. The predicted octanol–water partition coefficient (Wildman–Crippen LogP) is 0.242. The molecule has 15 heavy (non-hydrogen) atoms. The fourth-order valence-corrected chi connectivity index (χ4v) is 1.03. The monoisotopic (exact) mass is 210 g/mol. The summed E-state index contributed by atoms with van der Waals surface area (Å²) in [4.78, 5) is 22.6. The highest BCUT2D eigenvalue weighted by Gasteiger charge is 2.30. The molecule has 0 atom stereocenters. The number of esters is 1. The highest BCUT2D eigenvalue weighted by Crippen LogP contribution is 2.05. The summed E-state index contributed by atoms with van der Waals surface area (Å²) in [5, 5.41) is 11.0. The molecule has 1 N–H and O–H groups in total. The molecule has 0 heterocycles. The van der Waals surface area contributed by atoms with Crippen molar-refractivity contribution in [1.82, 2.24) is 5.32 Å². The van der Waals surface area contributed by atoms with Gasteiger partial charge in [0, 0.05) is 12.3 Å². The molecule has 0 aliphatic carbocycles. The average molecular weight is 210 g/mol. The third-order valence-corrected chi connectivity index (χ3v) is 1.86. The van der Waals surface area contributed by atoms with Gasteiger partial charge in [-0.2, -0.15) is 0 Å². The van der Waals surface area contributed by atoms with Crippen LogP contribution in [-0.2, 0) is 14.3 Å². The van der Waals surface area contributed by atoms with Gasteiger partial charge in [-0.3, -0.25) is 4.79 Å². The lowest BCUT2D eigenvalue weighted by molar-refractivity contribution is -0.149. The number of methoxy groups -OCH3 is 1. The Morgan fingerprint density at radius 3 is 2.47 bits per heavy atom. The van der Waals surface area contributed by atoms with E-state index in [0.717, 1.165) is 0 Å². The normalized spacial score (nSPS) is 10.1. The molecule has 82 valence electrons. The van der Waals surface area contributed by atoms with Gasteiger partial charge in [-0.1, -0.05) is 6.82 Å². The van der Waals surface area contributed by atoms with E-state index in [1.807, 2.05) is 5.97 Å². The first-order chi connectivity index (χ1) is 6.83. The van der Waals surface area contributed by atoms with E-state index in [9.17, 15) is 9.59 Å². The fourth-order valence-electron chi connectivity index (χ4n) is 1.03. The Balaban J connectivity index is 4.29. The molecule has 0 aliphatic heterocycles. The van der Waals surface area contributed by atoms with Gasteiger partial charge < -0.3 is 10.1 Å². The molecular weight excluding hydrogens is 195 g/mol. The number of amides is 1. The van der Waals surface area contributed by atoms with Crippen LogP contribution in [0.15, 0.2) is 0 Å². The molecule has 0 unspecified atom stereocenters. The second-order valence-corrected chi connectivity index (χ2v) is 3.90. The lowest BCUT2D eigenvalue weighted by Crippen LogP contribution is -2.50. The van der Waals surface area contributed by atoms with Crippen LogP contribution in [-0.4, -0.2) is 31.2 Å². The number of nitriles is 1. The summed E-state index contributed by atoms with van der Waals surface area (Å²) in [5.74, 6) is 1.10. The molecule has 6 heteroatoms. The zero-order chi connectivity index (χ0) is 12.1. The molecule has 0 aromatic carbocycles. The first-order valence-corrected chi connectivity index (χ1v) is 4.62. The summed E-state index contributed by atoms with van der Waals surface area (Å²) in [7, 11) is 1.26. The van der Waals surface area contributed by atoms with Gasteiger partial charge in [0.1, 0.15) is 5.54 Å². The predicted molar refractivity (Wildman–Crippen MR) is 56.3 cm³/mol. The molecule has 0 aliphatic rings. The number of rotatable bonds is 4. The van der Waals surface area contributed by atoms with Crippen LogP contribution in [0, 0.1) is 11.2 Å². The fraction of sp³-hybridized carbons (Fsp3) is 0.667. The summed E-state index contributed by atoms with van der Waals surface area (Å²) >= 11 is 0. The maximum absolute atomic E-state index is 11.4.